The summed E-state index contributed by atoms with van der Waals surface area (Å²) in [5, 5.41) is 3.40. The molecule has 0 spiro atoms. The largest absolute Gasteiger partial charge is 0.372 e. The second kappa shape index (κ2) is 6.53. The van der Waals surface area contributed by atoms with E-state index < -0.39 is 0 Å². The van der Waals surface area contributed by atoms with Gasteiger partial charge in [-0.3, -0.25) is 9.80 Å². The standard InChI is InChI=1S/C15H29N3O/c1-2-16-10-14-5-6-15(19-14)12-17-8-9-18-7-3-4-13(18)11-17/h13-16H,2-12H2,1H3. The average molecular weight is 267 g/mol. The highest BCUT2D eigenvalue weighted by Gasteiger charge is 2.33. The summed E-state index contributed by atoms with van der Waals surface area (Å²) in [7, 11) is 0. The third-order valence-electron chi connectivity index (χ3n) is 4.95. The summed E-state index contributed by atoms with van der Waals surface area (Å²) < 4.78 is 6.16. The summed E-state index contributed by atoms with van der Waals surface area (Å²) in [4.78, 5) is 5.33. The first kappa shape index (κ1) is 13.8. The molecule has 0 amide bonds. The lowest BCUT2D eigenvalue weighted by Crippen LogP contribution is -2.51. The highest BCUT2D eigenvalue weighted by molar-refractivity contribution is 4.88. The first-order valence-corrected chi connectivity index (χ1v) is 8.17. The average Bonchev–Trinajstić information content (AvgIpc) is 3.05. The summed E-state index contributed by atoms with van der Waals surface area (Å²) in [6.07, 6.45) is 6.24. The Bertz CT molecular complexity index is 287. The number of hydrogen-bond acceptors (Lipinski definition) is 4. The number of nitrogens with zero attached hydrogens (tertiary/aromatic N) is 2. The molecule has 0 aliphatic carbocycles. The molecular weight excluding hydrogens is 238 g/mol. The van der Waals surface area contributed by atoms with E-state index in [1.807, 2.05) is 0 Å². The Morgan fingerprint density at radius 3 is 2.89 bits per heavy atom. The molecule has 3 aliphatic heterocycles. The van der Waals surface area contributed by atoms with Crippen LogP contribution in [0, 0.1) is 0 Å². The molecule has 3 heterocycles. The first-order chi connectivity index (χ1) is 9.35. The molecule has 0 aromatic rings. The molecule has 0 radical (unpaired) electrons. The molecule has 4 nitrogen and oxygen atoms in total. The number of likely N-dealkylation sites (N-methyl/N-ethyl adjacent to an activating group) is 1. The van der Waals surface area contributed by atoms with Gasteiger partial charge in [0.15, 0.2) is 0 Å². The number of piperazine rings is 1. The minimum Gasteiger partial charge on any atom is -0.372 e. The van der Waals surface area contributed by atoms with Gasteiger partial charge in [0.05, 0.1) is 12.2 Å². The van der Waals surface area contributed by atoms with Crippen LogP contribution in [-0.2, 0) is 4.74 Å². The predicted octanol–water partition coefficient (Wildman–Crippen LogP) is 0.924. The molecule has 1 N–H and O–H groups in total. The summed E-state index contributed by atoms with van der Waals surface area (Å²) in [6, 6.07) is 0.840. The fraction of sp³-hybridized carbons (Fsp3) is 1.00. The van der Waals surface area contributed by atoms with Crippen molar-refractivity contribution in [2.45, 2.75) is 50.9 Å². The van der Waals surface area contributed by atoms with Gasteiger partial charge in [-0.05, 0) is 38.8 Å². The normalized spacial score (nSPS) is 36.8. The minimum atomic E-state index is 0.456. The first-order valence-electron chi connectivity index (χ1n) is 8.17. The molecule has 3 atom stereocenters. The number of fused-ring (bicyclic) bond motifs is 1. The third-order valence-corrected chi connectivity index (χ3v) is 4.95. The van der Waals surface area contributed by atoms with Crippen molar-refractivity contribution < 1.29 is 4.74 Å². The lowest BCUT2D eigenvalue weighted by Gasteiger charge is -2.38. The van der Waals surface area contributed by atoms with Crippen molar-refractivity contribution in [1.82, 2.24) is 15.1 Å². The van der Waals surface area contributed by atoms with E-state index in [4.69, 9.17) is 4.74 Å². The topological polar surface area (TPSA) is 27.7 Å². The van der Waals surface area contributed by atoms with Crippen LogP contribution < -0.4 is 5.32 Å². The van der Waals surface area contributed by atoms with E-state index in [0.29, 0.717) is 12.2 Å². The van der Waals surface area contributed by atoms with E-state index >= 15 is 0 Å². The molecule has 3 saturated heterocycles. The zero-order valence-corrected chi connectivity index (χ0v) is 12.3. The molecule has 19 heavy (non-hydrogen) atoms. The summed E-state index contributed by atoms with van der Waals surface area (Å²) in [5.41, 5.74) is 0. The molecular formula is C15H29N3O. The van der Waals surface area contributed by atoms with Crippen molar-refractivity contribution in [2.75, 3.05) is 45.8 Å². The molecule has 0 saturated carbocycles. The monoisotopic (exact) mass is 267 g/mol. The van der Waals surface area contributed by atoms with Crippen LogP contribution in [0.5, 0.6) is 0 Å². The van der Waals surface area contributed by atoms with Gasteiger partial charge in [-0.1, -0.05) is 6.92 Å². The Kier molecular flexibility index (Phi) is 4.74. The number of nitrogens with one attached hydrogen (secondary N) is 1. The molecule has 3 rings (SSSR count). The van der Waals surface area contributed by atoms with E-state index in [2.05, 4.69) is 22.0 Å². The zero-order chi connectivity index (χ0) is 13.1. The number of hydrogen-bond donors (Lipinski definition) is 1. The molecule has 3 aliphatic rings. The summed E-state index contributed by atoms with van der Waals surface area (Å²) >= 11 is 0. The van der Waals surface area contributed by atoms with Crippen molar-refractivity contribution in [3.05, 3.63) is 0 Å². The van der Waals surface area contributed by atoms with Gasteiger partial charge in [-0.25, -0.2) is 0 Å². The molecule has 0 aromatic carbocycles. The van der Waals surface area contributed by atoms with Gasteiger partial charge in [0.1, 0.15) is 0 Å². The second-order valence-corrected chi connectivity index (χ2v) is 6.36. The SMILES string of the molecule is CCNCC1CCC(CN2CCN3CCCC3C2)O1. The van der Waals surface area contributed by atoms with Gasteiger partial charge >= 0.3 is 0 Å². The van der Waals surface area contributed by atoms with Gasteiger partial charge < -0.3 is 10.1 Å². The lowest BCUT2D eigenvalue weighted by molar-refractivity contribution is 0.00724. The maximum Gasteiger partial charge on any atom is 0.0707 e. The molecule has 0 bridgehead atoms. The van der Waals surface area contributed by atoms with Gasteiger partial charge in [0.25, 0.3) is 0 Å². The molecule has 0 aromatic heterocycles. The van der Waals surface area contributed by atoms with Gasteiger partial charge in [-0.15, -0.1) is 0 Å². The second-order valence-electron chi connectivity index (χ2n) is 6.36. The van der Waals surface area contributed by atoms with Crippen LogP contribution in [-0.4, -0.2) is 73.9 Å². The Morgan fingerprint density at radius 2 is 2.00 bits per heavy atom. The Labute approximate surface area is 117 Å². The highest BCUT2D eigenvalue weighted by atomic mass is 16.5. The van der Waals surface area contributed by atoms with Gasteiger partial charge in [0, 0.05) is 38.8 Å². The fourth-order valence-corrected chi connectivity index (χ4v) is 3.88. The van der Waals surface area contributed by atoms with E-state index in [1.54, 1.807) is 0 Å². The Hall–Kier alpha value is -0.160. The number of ether oxygens (including phenoxy) is 1. The Morgan fingerprint density at radius 1 is 1.11 bits per heavy atom. The predicted molar refractivity (Wildman–Crippen MR) is 77.5 cm³/mol. The highest BCUT2D eigenvalue weighted by Crippen LogP contribution is 2.24. The van der Waals surface area contributed by atoms with E-state index in [9.17, 15) is 0 Å². The van der Waals surface area contributed by atoms with E-state index in [-0.39, 0.29) is 0 Å². The summed E-state index contributed by atoms with van der Waals surface area (Å²) in [6.45, 7) is 10.5. The van der Waals surface area contributed by atoms with Crippen LogP contribution in [0.15, 0.2) is 0 Å². The van der Waals surface area contributed by atoms with Crippen molar-refractivity contribution in [1.29, 1.82) is 0 Å². The van der Waals surface area contributed by atoms with Crippen LogP contribution in [0.25, 0.3) is 0 Å². The smallest absolute Gasteiger partial charge is 0.0707 e. The molecule has 3 unspecified atom stereocenters. The molecule has 110 valence electrons. The third kappa shape index (κ3) is 3.48. The van der Waals surface area contributed by atoms with Crippen LogP contribution >= 0.6 is 0 Å². The van der Waals surface area contributed by atoms with Crippen molar-refractivity contribution in [2.24, 2.45) is 0 Å². The van der Waals surface area contributed by atoms with Crippen LogP contribution in [0.3, 0.4) is 0 Å². The van der Waals surface area contributed by atoms with Crippen molar-refractivity contribution in [3.63, 3.8) is 0 Å². The maximum absolute atomic E-state index is 6.16. The van der Waals surface area contributed by atoms with E-state index in [0.717, 1.165) is 25.7 Å². The van der Waals surface area contributed by atoms with Gasteiger partial charge in [-0.2, -0.15) is 0 Å². The van der Waals surface area contributed by atoms with Gasteiger partial charge in [0.2, 0.25) is 0 Å². The van der Waals surface area contributed by atoms with Crippen LogP contribution in [0.4, 0.5) is 0 Å². The summed E-state index contributed by atoms with van der Waals surface area (Å²) in [5.74, 6) is 0. The quantitative estimate of drug-likeness (QED) is 0.802. The zero-order valence-electron chi connectivity index (χ0n) is 12.3. The van der Waals surface area contributed by atoms with Crippen molar-refractivity contribution >= 4 is 0 Å². The molecule has 3 fully saturated rings. The maximum atomic E-state index is 6.16. The van der Waals surface area contributed by atoms with Crippen molar-refractivity contribution in [3.8, 4) is 0 Å². The van der Waals surface area contributed by atoms with Crippen LogP contribution in [0.1, 0.15) is 32.6 Å². The lowest BCUT2D eigenvalue weighted by atomic mass is 10.1. The van der Waals surface area contributed by atoms with E-state index in [1.165, 1.54) is 51.9 Å². The minimum absolute atomic E-state index is 0.456. The fourth-order valence-electron chi connectivity index (χ4n) is 3.88. The van der Waals surface area contributed by atoms with Crippen LogP contribution in [0.2, 0.25) is 0 Å². The molecule has 4 heteroatoms. The number of rotatable bonds is 5. The Balaban J connectivity index is 1.40.